The molecule has 0 amide bonds. The van der Waals surface area contributed by atoms with E-state index in [1.54, 1.807) is 0 Å². The standard InChI is InChI=1S/C25H18F6O6S2.C25H18F6O2S2.CH4.H2O2/c1-11-19(15-5-3-13(9-32)7-17(15)38(11,34)35)21-22(24(28,29)25(30,31)23(21,26)27)20-12(2)39(36,37)18-8-14(10-33)4-6-16(18)20;1-11-19(15-5-3-13(9-32)7-17(15)34-11)21-22(24(28,29)25(30,31)23(21,26)27)20-12(2)35-18-8-14(10-33)4-6-16(18)20;;1-2/h3-8,32-33H,9-10H2,1-2H3;3-8,32-33H,9-10H2,1-2H3;1H4;1-2H. The molecular weight excluding hydrogens is 1130 g/mol. The zero-order valence-electron chi connectivity index (χ0n) is 39.2. The van der Waals surface area contributed by atoms with Gasteiger partial charge >= 0.3 is 35.5 Å². The van der Waals surface area contributed by atoms with E-state index in [1.807, 2.05) is 0 Å². The highest BCUT2D eigenvalue weighted by Gasteiger charge is 2.82. The lowest BCUT2D eigenvalue weighted by Crippen LogP contribution is -2.49. The summed E-state index contributed by atoms with van der Waals surface area (Å²) in [5.41, 5.74) is -9.73. The molecule has 0 bridgehead atoms. The Balaban J connectivity index is 0.000000215. The normalized spacial score (nSPS) is 20.5. The maximum Gasteiger partial charge on any atom is 0.380 e. The molecule has 2 aliphatic heterocycles. The molecule has 0 radical (unpaired) electrons. The van der Waals surface area contributed by atoms with Crippen molar-refractivity contribution in [2.45, 2.75) is 107 Å². The van der Waals surface area contributed by atoms with Gasteiger partial charge in [-0.1, -0.05) is 56.0 Å². The van der Waals surface area contributed by atoms with Crippen LogP contribution in [0.3, 0.4) is 0 Å². The molecule has 0 saturated carbocycles. The third-order valence-electron chi connectivity index (χ3n) is 13.6. The van der Waals surface area contributed by atoms with Gasteiger partial charge in [0.2, 0.25) is 19.7 Å². The second-order valence-corrected chi connectivity index (χ2v) is 24.5. The minimum atomic E-state index is -6.07. The van der Waals surface area contributed by atoms with E-state index < -0.39 is 133 Å². The minimum absolute atomic E-state index is 0. The maximum absolute atomic E-state index is 15.6. The van der Waals surface area contributed by atoms with Gasteiger partial charge in [0.15, 0.2) is 0 Å². The van der Waals surface area contributed by atoms with Gasteiger partial charge in [-0.05, 0) is 74.2 Å². The molecule has 0 saturated heterocycles. The molecular formula is C51H42F12O10S4. The van der Waals surface area contributed by atoms with Crippen molar-refractivity contribution in [3.63, 3.8) is 0 Å². The Labute approximate surface area is 438 Å². The average Bonchev–Trinajstić information content (AvgIpc) is 4.10. The molecule has 26 heteroatoms. The van der Waals surface area contributed by atoms with E-state index in [2.05, 4.69) is 0 Å². The number of halogens is 12. The number of fused-ring (bicyclic) bond motifs is 4. The van der Waals surface area contributed by atoms with Crippen molar-refractivity contribution in [3.8, 4) is 0 Å². The van der Waals surface area contributed by atoms with Crippen LogP contribution in [0.2, 0.25) is 0 Å². The fraction of sp³-hybridized carbons (Fsp3) is 0.294. The lowest BCUT2D eigenvalue weighted by atomic mass is 9.87. The van der Waals surface area contributed by atoms with Crippen molar-refractivity contribution in [2.24, 2.45) is 0 Å². The van der Waals surface area contributed by atoms with Crippen LogP contribution >= 0.6 is 22.7 Å². The van der Waals surface area contributed by atoms with Crippen molar-refractivity contribution in [3.05, 3.63) is 148 Å². The van der Waals surface area contributed by atoms with Gasteiger partial charge in [0, 0.05) is 85.6 Å². The zero-order valence-corrected chi connectivity index (χ0v) is 42.5. The highest BCUT2D eigenvalue weighted by Crippen LogP contribution is 2.69. The smallest absolute Gasteiger partial charge is 0.380 e. The molecule has 6 N–H and O–H groups in total. The Bertz CT molecular complexity index is 3590. The number of hydrogen-bond acceptors (Lipinski definition) is 12. The Hall–Kier alpha value is -5.42. The lowest BCUT2D eigenvalue weighted by Gasteiger charge is -2.26. The second-order valence-electron chi connectivity index (χ2n) is 17.8. The van der Waals surface area contributed by atoms with Crippen LogP contribution in [0.25, 0.3) is 42.5 Å². The van der Waals surface area contributed by atoms with Crippen LogP contribution in [0.15, 0.2) is 104 Å². The molecule has 0 atom stereocenters. The molecule has 2 aliphatic carbocycles. The number of alkyl halides is 12. The largest absolute Gasteiger partial charge is 0.392 e. The summed E-state index contributed by atoms with van der Waals surface area (Å²) in [5.74, 6) is -33.3. The third-order valence-corrected chi connectivity index (χ3v) is 19.6. The van der Waals surface area contributed by atoms with Gasteiger partial charge in [-0.2, -0.15) is 52.7 Å². The molecule has 4 aromatic carbocycles. The number of hydrogen-bond donors (Lipinski definition) is 6. The Morgan fingerprint density at radius 1 is 0.429 bits per heavy atom. The molecule has 77 heavy (non-hydrogen) atoms. The number of sulfone groups is 2. The van der Waals surface area contributed by atoms with E-state index in [0.717, 1.165) is 72.9 Å². The molecule has 6 aromatic rings. The van der Waals surface area contributed by atoms with Crippen LogP contribution in [0.1, 0.15) is 75.5 Å². The molecule has 0 spiro atoms. The van der Waals surface area contributed by atoms with Gasteiger partial charge in [0.25, 0.3) is 0 Å². The van der Waals surface area contributed by atoms with Gasteiger partial charge < -0.3 is 20.4 Å². The molecule has 2 aromatic heterocycles. The summed E-state index contributed by atoms with van der Waals surface area (Å²) in [6.07, 6.45) is 0. The van der Waals surface area contributed by atoms with E-state index in [4.69, 9.17) is 10.5 Å². The predicted octanol–water partition coefficient (Wildman–Crippen LogP) is 12.8. The van der Waals surface area contributed by atoms with Crippen LogP contribution in [0.5, 0.6) is 0 Å². The zero-order chi connectivity index (χ0) is 56.6. The number of allylic oxidation sites excluding steroid dienone is 8. The molecule has 4 heterocycles. The van der Waals surface area contributed by atoms with Crippen molar-refractivity contribution in [1.82, 2.24) is 0 Å². The van der Waals surface area contributed by atoms with Crippen LogP contribution in [0.4, 0.5) is 52.7 Å². The fourth-order valence-corrected chi connectivity index (χ4v) is 15.3. The summed E-state index contributed by atoms with van der Waals surface area (Å²) in [4.78, 5) is -2.75. The summed E-state index contributed by atoms with van der Waals surface area (Å²) in [5, 5.41) is 49.9. The SMILES string of the molecule is C.CC1=C(C2=C(C3=C(C)S(=O)(=O)c4cc(CO)ccc43)C(F)(F)C(F)(F)C2(F)F)c2ccc(CO)cc2S1(=O)=O.Cc1sc2cc(CO)ccc2c1C1=C(c2c(C)sc3cc(CO)ccc23)C(F)(F)C(F)(F)C1(F)F.OO. The van der Waals surface area contributed by atoms with E-state index in [0.29, 0.717) is 20.5 Å². The summed E-state index contributed by atoms with van der Waals surface area (Å²) in [7, 11) is -9.26. The molecule has 10 nitrogen and oxygen atoms in total. The first-order valence-electron chi connectivity index (χ1n) is 21.9. The van der Waals surface area contributed by atoms with Crippen LogP contribution < -0.4 is 0 Å². The van der Waals surface area contributed by atoms with Gasteiger partial charge in [0.1, 0.15) is 0 Å². The molecule has 0 unspecified atom stereocenters. The number of aliphatic hydroxyl groups is 4. The van der Waals surface area contributed by atoms with Crippen molar-refractivity contribution < 1.29 is 100 Å². The highest BCUT2D eigenvalue weighted by atomic mass is 32.2. The van der Waals surface area contributed by atoms with E-state index >= 15 is 35.1 Å². The Morgan fingerprint density at radius 3 is 1.00 bits per heavy atom. The van der Waals surface area contributed by atoms with Crippen molar-refractivity contribution in [1.29, 1.82) is 0 Å². The molecule has 414 valence electrons. The maximum atomic E-state index is 15.6. The van der Waals surface area contributed by atoms with Crippen molar-refractivity contribution in [2.75, 3.05) is 0 Å². The summed E-state index contributed by atoms with van der Waals surface area (Å²) in [6, 6.07) is 14.7. The number of benzene rings is 4. The minimum Gasteiger partial charge on any atom is -0.392 e. The van der Waals surface area contributed by atoms with Crippen LogP contribution in [-0.2, 0) is 46.1 Å². The molecule has 0 fully saturated rings. The average molecular weight is 1170 g/mol. The first kappa shape index (κ1) is 59.2. The van der Waals surface area contributed by atoms with Gasteiger partial charge in [0.05, 0.1) is 46.0 Å². The van der Waals surface area contributed by atoms with Gasteiger partial charge in [-0.15, -0.1) is 22.7 Å². The van der Waals surface area contributed by atoms with Gasteiger partial charge in [-0.3, -0.25) is 10.5 Å². The molecule has 4 aliphatic rings. The molecule has 10 rings (SSSR count). The second kappa shape index (κ2) is 19.4. The summed E-state index contributed by atoms with van der Waals surface area (Å²) < 4.78 is 237. The topological polar surface area (TPSA) is 190 Å². The monoisotopic (exact) mass is 1170 g/mol. The van der Waals surface area contributed by atoms with E-state index in [1.165, 1.54) is 50.2 Å². The number of thiophene rings is 2. The van der Waals surface area contributed by atoms with Gasteiger partial charge in [-0.25, -0.2) is 16.8 Å². The number of rotatable bonds is 8. The van der Waals surface area contributed by atoms with E-state index in [9.17, 15) is 54.8 Å². The number of aliphatic hydroxyl groups excluding tert-OH is 4. The first-order chi connectivity index (χ1) is 35.2. The Morgan fingerprint density at radius 2 is 0.701 bits per heavy atom. The fourth-order valence-electron chi connectivity index (χ4n) is 9.91. The lowest BCUT2D eigenvalue weighted by molar-refractivity contribution is -0.263. The van der Waals surface area contributed by atoms with Crippen LogP contribution in [0, 0.1) is 13.8 Å². The number of aryl methyl sites for hydroxylation is 2. The third kappa shape index (κ3) is 8.09. The summed E-state index contributed by atoms with van der Waals surface area (Å²) >= 11 is 2.03. The Kier molecular flexibility index (Phi) is 15.0. The predicted molar refractivity (Wildman–Crippen MR) is 265 cm³/mol. The first-order valence-corrected chi connectivity index (χ1v) is 26.5. The quantitative estimate of drug-likeness (QED) is 0.0486. The summed E-state index contributed by atoms with van der Waals surface area (Å²) in [6.45, 7) is 2.50. The highest BCUT2D eigenvalue weighted by molar-refractivity contribution is 7.96. The van der Waals surface area contributed by atoms with E-state index in [-0.39, 0.29) is 63.4 Å². The van der Waals surface area contributed by atoms with Crippen molar-refractivity contribution >= 4 is 84.8 Å². The van der Waals surface area contributed by atoms with Crippen LogP contribution in [-0.4, -0.2) is 83.3 Å².